The summed E-state index contributed by atoms with van der Waals surface area (Å²) in [5.41, 5.74) is 1.63. The Hall–Kier alpha value is -1.96. The van der Waals surface area contributed by atoms with Gasteiger partial charge in [-0.3, -0.25) is 10.1 Å². The van der Waals surface area contributed by atoms with E-state index in [4.69, 9.17) is 16.3 Å². The number of anilines is 1. The van der Waals surface area contributed by atoms with Gasteiger partial charge in [-0.05, 0) is 37.6 Å². The minimum Gasteiger partial charge on any atom is -0.486 e. The van der Waals surface area contributed by atoms with Crippen LogP contribution in [0.25, 0.3) is 0 Å². The number of aromatic nitrogens is 2. The summed E-state index contributed by atoms with van der Waals surface area (Å²) in [6, 6.07) is 5.48. The minimum absolute atomic E-state index is 0.200. The summed E-state index contributed by atoms with van der Waals surface area (Å²) < 4.78 is 5.73. The Morgan fingerprint density at radius 2 is 2.21 bits per heavy atom. The number of amides is 1. The van der Waals surface area contributed by atoms with Crippen molar-refractivity contribution in [2.24, 2.45) is 0 Å². The molecule has 2 aromatic heterocycles. The Morgan fingerprint density at radius 1 is 1.38 bits per heavy atom. The molecular weight excluding hydrogens is 366 g/mol. The zero-order valence-electron chi connectivity index (χ0n) is 13.0. The summed E-state index contributed by atoms with van der Waals surface area (Å²) in [5, 5.41) is 6.59. The third kappa shape index (κ3) is 3.92. The SMILES string of the molecule is Cc1cc(OCc2nc(C)c(C(=O)Nc3nccs3)s2)ccc1Cl. The van der Waals surface area contributed by atoms with Gasteiger partial charge in [-0.15, -0.1) is 22.7 Å². The maximum absolute atomic E-state index is 12.3. The van der Waals surface area contributed by atoms with Crippen LogP contribution in [0.1, 0.15) is 25.9 Å². The molecule has 1 aromatic carbocycles. The van der Waals surface area contributed by atoms with Crippen molar-refractivity contribution in [3.8, 4) is 5.75 Å². The van der Waals surface area contributed by atoms with Crippen LogP contribution in [0.5, 0.6) is 5.75 Å². The fourth-order valence-electron chi connectivity index (χ4n) is 2.02. The number of hydrogen-bond donors (Lipinski definition) is 1. The number of hydrogen-bond acceptors (Lipinski definition) is 6. The largest absolute Gasteiger partial charge is 0.486 e. The molecule has 0 aliphatic heterocycles. The number of nitrogens with zero attached hydrogens (tertiary/aromatic N) is 2. The predicted octanol–water partition coefficient (Wildman–Crippen LogP) is 4.70. The van der Waals surface area contributed by atoms with Gasteiger partial charge in [0.15, 0.2) is 5.13 Å². The second-order valence-corrected chi connectivity index (χ2v) is 7.40. The van der Waals surface area contributed by atoms with E-state index >= 15 is 0 Å². The van der Waals surface area contributed by atoms with Crippen LogP contribution >= 0.6 is 34.3 Å². The quantitative estimate of drug-likeness (QED) is 0.697. The molecule has 0 radical (unpaired) electrons. The normalized spacial score (nSPS) is 10.6. The topological polar surface area (TPSA) is 64.1 Å². The molecule has 0 aliphatic rings. The van der Waals surface area contributed by atoms with Crippen LogP contribution in [-0.2, 0) is 6.61 Å². The third-order valence-electron chi connectivity index (χ3n) is 3.19. The minimum atomic E-state index is -0.200. The standard InChI is InChI=1S/C16H14ClN3O2S2/c1-9-7-11(3-4-12(9)17)22-8-13-19-10(2)14(24-13)15(21)20-16-18-5-6-23-16/h3-7H,8H2,1-2H3,(H,18,20,21). The smallest absolute Gasteiger partial charge is 0.269 e. The van der Waals surface area contributed by atoms with E-state index in [1.54, 1.807) is 12.3 Å². The molecule has 24 heavy (non-hydrogen) atoms. The Bertz CT molecular complexity index is 862. The summed E-state index contributed by atoms with van der Waals surface area (Å²) in [6.45, 7) is 4.03. The van der Waals surface area contributed by atoms with Gasteiger partial charge < -0.3 is 4.74 Å². The van der Waals surface area contributed by atoms with Gasteiger partial charge in [-0.1, -0.05) is 11.6 Å². The van der Waals surface area contributed by atoms with Crippen molar-refractivity contribution in [3.63, 3.8) is 0 Å². The molecule has 124 valence electrons. The first kappa shape index (κ1) is 16.9. The third-order valence-corrected chi connectivity index (χ3v) is 5.43. The molecular formula is C16H14ClN3O2S2. The van der Waals surface area contributed by atoms with Crippen molar-refractivity contribution in [3.05, 3.63) is 55.9 Å². The Morgan fingerprint density at radius 3 is 2.92 bits per heavy atom. The molecule has 0 atom stereocenters. The van der Waals surface area contributed by atoms with E-state index in [0.717, 1.165) is 16.3 Å². The number of halogens is 1. The Labute approximate surface area is 152 Å². The van der Waals surface area contributed by atoms with Gasteiger partial charge in [0.2, 0.25) is 0 Å². The average molecular weight is 380 g/mol. The highest BCUT2D eigenvalue weighted by atomic mass is 35.5. The van der Waals surface area contributed by atoms with E-state index in [-0.39, 0.29) is 5.91 Å². The van der Waals surface area contributed by atoms with Crippen LogP contribution in [0.3, 0.4) is 0 Å². The van der Waals surface area contributed by atoms with E-state index in [0.29, 0.717) is 27.3 Å². The van der Waals surface area contributed by atoms with Crippen molar-refractivity contribution in [2.45, 2.75) is 20.5 Å². The first-order valence-electron chi connectivity index (χ1n) is 7.09. The van der Waals surface area contributed by atoms with Crippen molar-refractivity contribution >= 4 is 45.3 Å². The molecule has 5 nitrogen and oxygen atoms in total. The molecule has 3 rings (SSSR count). The molecule has 1 amide bonds. The number of aryl methyl sites for hydroxylation is 2. The Kier molecular flexibility index (Phi) is 5.13. The molecule has 0 saturated heterocycles. The lowest BCUT2D eigenvalue weighted by atomic mass is 10.2. The lowest BCUT2D eigenvalue weighted by Gasteiger charge is -2.05. The summed E-state index contributed by atoms with van der Waals surface area (Å²) in [5.74, 6) is 0.520. The first-order valence-corrected chi connectivity index (χ1v) is 9.16. The van der Waals surface area contributed by atoms with Crippen LogP contribution in [0.15, 0.2) is 29.8 Å². The molecule has 0 fully saturated rings. The molecule has 1 N–H and O–H groups in total. The first-order chi connectivity index (χ1) is 11.5. The molecule has 0 bridgehead atoms. The number of carbonyl (C=O) groups excluding carboxylic acids is 1. The number of rotatable bonds is 5. The van der Waals surface area contributed by atoms with E-state index in [2.05, 4.69) is 15.3 Å². The maximum Gasteiger partial charge on any atom is 0.269 e. The van der Waals surface area contributed by atoms with Crippen LogP contribution in [0.4, 0.5) is 5.13 Å². The summed E-state index contributed by atoms with van der Waals surface area (Å²) in [7, 11) is 0. The number of benzene rings is 1. The molecule has 3 aromatic rings. The second-order valence-electron chi connectivity index (χ2n) is 5.01. The highest BCUT2D eigenvalue weighted by Crippen LogP contribution is 2.24. The fourth-order valence-corrected chi connectivity index (χ4v) is 3.53. The van der Waals surface area contributed by atoms with E-state index in [1.807, 2.05) is 31.4 Å². The Balaban J connectivity index is 1.67. The van der Waals surface area contributed by atoms with Gasteiger partial charge in [-0.2, -0.15) is 0 Å². The van der Waals surface area contributed by atoms with Gasteiger partial charge >= 0.3 is 0 Å². The number of ether oxygens (including phenoxy) is 1. The lowest BCUT2D eigenvalue weighted by Crippen LogP contribution is -2.11. The zero-order chi connectivity index (χ0) is 17.1. The number of nitrogens with one attached hydrogen (secondary N) is 1. The van der Waals surface area contributed by atoms with E-state index in [1.165, 1.54) is 22.7 Å². The fraction of sp³-hybridized carbons (Fsp3) is 0.188. The van der Waals surface area contributed by atoms with Crippen molar-refractivity contribution in [1.29, 1.82) is 0 Å². The van der Waals surface area contributed by atoms with Gasteiger partial charge in [0.25, 0.3) is 5.91 Å². The number of carbonyl (C=O) groups is 1. The second kappa shape index (κ2) is 7.29. The van der Waals surface area contributed by atoms with Crippen LogP contribution < -0.4 is 10.1 Å². The van der Waals surface area contributed by atoms with Gasteiger partial charge in [-0.25, -0.2) is 9.97 Å². The summed E-state index contributed by atoms with van der Waals surface area (Å²) in [6.07, 6.45) is 1.65. The van der Waals surface area contributed by atoms with Gasteiger partial charge in [0.05, 0.1) is 5.69 Å². The molecule has 0 saturated carbocycles. The molecule has 0 spiro atoms. The highest BCUT2D eigenvalue weighted by molar-refractivity contribution is 7.15. The van der Waals surface area contributed by atoms with Crippen LogP contribution in [0, 0.1) is 13.8 Å². The van der Waals surface area contributed by atoms with Crippen LogP contribution in [0.2, 0.25) is 5.02 Å². The van der Waals surface area contributed by atoms with Crippen molar-refractivity contribution in [1.82, 2.24) is 9.97 Å². The van der Waals surface area contributed by atoms with E-state index in [9.17, 15) is 4.79 Å². The molecule has 0 aliphatic carbocycles. The van der Waals surface area contributed by atoms with Crippen molar-refractivity contribution in [2.75, 3.05) is 5.32 Å². The highest BCUT2D eigenvalue weighted by Gasteiger charge is 2.16. The van der Waals surface area contributed by atoms with Gasteiger partial charge in [0, 0.05) is 16.6 Å². The maximum atomic E-state index is 12.3. The van der Waals surface area contributed by atoms with Crippen molar-refractivity contribution < 1.29 is 9.53 Å². The van der Waals surface area contributed by atoms with E-state index < -0.39 is 0 Å². The summed E-state index contributed by atoms with van der Waals surface area (Å²) >= 11 is 8.69. The summed E-state index contributed by atoms with van der Waals surface area (Å²) in [4.78, 5) is 21.3. The average Bonchev–Trinajstić information content (AvgIpc) is 3.18. The zero-order valence-corrected chi connectivity index (χ0v) is 15.4. The molecule has 2 heterocycles. The molecule has 0 unspecified atom stereocenters. The predicted molar refractivity (Wildman–Crippen MR) is 97.4 cm³/mol. The van der Waals surface area contributed by atoms with Crippen LogP contribution in [-0.4, -0.2) is 15.9 Å². The van der Waals surface area contributed by atoms with Gasteiger partial charge in [0.1, 0.15) is 22.2 Å². The number of thiazole rings is 2. The molecule has 8 heteroatoms. The monoisotopic (exact) mass is 379 g/mol. The lowest BCUT2D eigenvalue weighted by molar-refractivity contribution is 0.103.